The van der Waals surface area contributed by atoms with Gasteiger partial charge in [0.2, 0.25) is 0 Å². The molecule has 0 aromatic carbocycles. The molecule has 11 heavy (non-hydrogen) atoms. The van der Waals surface area contributed by atoms with Gasteiger partial charge in [-0.05, 0) is 18.6 Å². The van der Waals surface area contributed by atoms with Crippen LogP contribution in [0, 0.1) is 11.3 Å². The highest BCUT2D eigenvalue weighted by atomic mass is 19.1. The first-order valence-electron chi connectivity index (χ1n) is 3.18. The molecule has 0 unspecified atom stereocenters. The maximum absolute atomic E-state index is 12.7. The minimum Gasteiger partial charge on any atom is -0.387 e. The molecule has 0 radical (unpaired) electrons. The van der Waals surface area contributed by atoms with E-state index in [1.807, 2.05) is 0 Å². The van der Waals surface area contributed by atoms with Crippen molar-refractivity contribution in [2.45, 2.75) is 6.42 Å². The van der Waals surface area contributed by atoms with Crippen LogP contribution in [-0.2, 0) is 0 Å². The summed E-state index contributed by atoms with van der Waals surface area (Å²) < 4.78 is 25.4. The summed E-state index contributed by atoms with van der Waals surface area (Å²) in [7, 11) is 0. The SMILES string of the molecule is N=C(N)C1C(F)=CCC=C1F. The molecule has 0 amide bonds. The second-order valence-corrected chi connectivity index (χ2v) is 2.30. The van der Waals surface area contributed by atoms with Crippen molar-refractivity contribution in [3.05, 3.63) is 23.8 Å². The maximum atomic E-state index is 12.7. The van der Waals surface area contributed by atoms with Crippen molar-refractivity contribution >= 4 is 5.84 Å². The van der Waals surface area contributed by atoms with Gasteiger partial charge in [-0.3, -0.25) is 5.41 Å². The van der Waals surface area contributed by atoms with Gasteiger partial charge in [-0.25, -0.2) is 8.78 Å². The molecule has 0 spiro atoms. The highest BCUT2D eigenvalue weighted by molar-refractivity contribution is 5.84. The number of hydrogen-bond acceptors (Lipinski definition) is 1. The van der Waals surface area contributed by atoms with Crippen LogP contribution in [0.15, 0.2) is 23.8 Å². The number of nitrogens with one attached hydrogen (secondary N) is 1. The van der Waals surface area contributed by atoms with Gasteiger partial charge >= 0.3 is 0 Å². The Labute approximate surface area is 62.9 Å². The number of amidine groups is 1. The minimum atomic E-state index is -1.26. The molecule has 0 saturated carbocycles. The Bertz CT molecular complexity index is 225. The highest BCUT2D eigenvalue weighted by Gasteiger charge is 2.24. The van der Waals surface area contributed by atoms with Crippen molar-refractivity contribution in [1.29, 1.82) is 5.41 Å². The van der Waals surface area contributed by atoms with Crippen molar-refractivity contribution in [2.75, 3.05) is 0 Å². The number of hydrogen-bond donors (Lipinski definition) is 2. The fourth-order valence-corrected chi connectivity index (χ4v) is 0.949. The molecule has 0 aromatic rings. The summed E-state index contributed by atoms with van der Waals surface area (Å²) in [5.41, 5.74) is 4.97. The first-order valence-corrected chi connectivity index (χ1v) is 3.18. The van der Waals surface area contributed by atoms with Crippen LogP contribution >= 0.6 is 0 Å². The van der Waals surface area contributed by atoms with Crippen molar-refractivity contribution in [2.24, 2.45) is 11.7 Å². The number of halogens is 2. The molecule has 0 aliphatic heterocycles. The Morgan fingerprint density at radius 1 is 1.45 bits per heavy atom. The first-order chi connectivity index (χ1) is 5.13. The lowest BCUT2D eigenvalue weighted by atomic mass is 9.99. The van der Waals surface area contributed by atoms with E-state index in [4.69, 9.17) is 11.1 Å². The van der Waals surface area contributed by atoms with Gasteiger partial charge in [0.1, 0.15) is 23.4 Å². The Hall–Kier alpha value is -1.19. The third-order valence-electron chi connectivity index (χ3n) is 1.49. The molecular weight excluding hydrogens is 150 g/mol. The van der Waals surface area contributed by atoms with Gasteiger partial charge in [0.15, 0.2) is 0 Å². The monoisotopic (exact) mass is 158 g/mol. The fourth-order valence-electron chi connectivity index (χ4n) is 0.949. The molecule has 0 bridgehead atoms. The molecule has 60 valence electrons. The quantitative estimate of drug-likeness (QED) is 0.442. The van der Waals surface area contributed by atoms with E-state index in [0.29, 0.717) is 0 Å². The smallest absolute Gasteiger partial charge is 0.119 e. The van der Waals surface area contributed by atoms with Crippen molar-refractivity contribution in [1.82, 2.24) is 0 Å². The zero-order valence-electron chi connectivity index (χ0n) is 5.77. The lowest BCUT2D eigenvalue weighted by Crippen LogP contribution is -2.24. The summed E-state index contributed by atoms with van der Waals surface area (Å²) in [6.45, 7) is 0. The topological polar surface area (TPSA) is 49.9 Å². The maximum Gasteiger partial charge on any atom is 0.119 e. The highest BCUT2D eigenvalue weighted by Crippen LogP contribution is 2.27. The first kappa shape index (κ1) is 7.91. The molecule has 1 aliphatic carbocycles. The van der Waals surface area contributed by atoms with Gasteiger partial charge < -0.3 is 5.73 Å². The van der Waals surface area contributed by atoms with E-state index in [0.717, 1.165) is 0 Å². The Morgan fingerprint density at radius 2 is 1.91 bits per heavy atom. The second kappa shape index (κ2) is 2.82. The molecule has 0 atom stereocenters. The zero-order valence-corrected chi connectivity index (χ0v) is 5.77. The molecule has 1 aliphatic rings. The van der Waals surface area contributed by atoms with E-state index >= 15 is 0 Å². The predicted molar refractivity (Wildman–Crippen MR) is 38.4 cm³/mol. The van der Waals surface area contributed by atoms with E-state index in [-0.39, 0.29) is 6.42 Å². The molecule has 0 fully saturated rings. The molecule has 4 heteroatoms. The largest absolute Gasteiger partial charge is 0.387 e. The summed E-state index contributed by atoms with van der Waals surface area (Å²) in [6, 6.07) is 0. The minimum absolute atomic E-state index is 0.238. The van der Waals surface area contributed by atoms with Crippen molar-refractivity contribution < 1.29 is 8.78 Å². The molecule has 0 aromatic heterocycles. The van der Waals surface area contributed by atoms with E-state index in [9.17, 15) is 8.78 Å². The van der Waals surface area contributed by atoms with Crippen LogP contribution in [-0.4, -0.2) is 5.84 Å². The summed E-state index contributed by atoms with van der Waals surface area (Å²) in [5, 5.41) is 6.87. The molecule has 2 nitrogen and oxygen atoms in total. The number of nitrogens with two attached hydrogens (primary N) is 1. The summed E-state index contributed by atoms with van der Waals surface area (Å²) >= 11 is 0. The standard InChI is InChI=1S/C7H8F2N2/c8-4-2-1-3-5(9)6(4)7(10)11/h2-3,6H,1H2,(H3,10,11). The second-order valence-electron chi connectivity index (χ2n) is 2.30. The van der Waals surface area contributed by atoms with Crippen molar-refractivity contribution in [3.63, 3.8) is 0 Å². The van der Waals surface area contributed by atoms with Gasteiger partial charge in [0, 0.05) is 0 Å². The number of allylic oxidation sites excluding steroid dienone is 2. The van der Waals surface area contributed by atoms with Gasteiger partial charge in [-0.15, -0.1) is 0 Å². The van der Waals surface area contributed by atoms with Crippen LogP contribution < -0.4 is 5.73 Å². The zero-order chi connectivity index (χ0) is 8.43. The van der Waals surface area contributed by atoms with E-state index in [2.05, 4.69) is 0 Å². The van der Waals surface area contributed by atoms with E-state index < -0.39 is 23.4 Å². The molecule has 1 rings (SSSR count). The third-order valence-corrected chi connectivity index (χ3v) is 1.49. The van der Waals surface area contributed by atoms with Crippen LogP contribution in [0.1, 0.15) is 6.42 Å². The Kier molecular flexibility index (Phi) is 2.03. The van der Waals surface area contributed by atoms with E-state index in [1.165, 1.54) is 12.2 Å². The lowest BCUT2D eigenvalue weighted by Gasteiger charge is -2.14. The fraction of sp³-hybridized carbons (Fsp3) is 0.286. The molecule has 0 heterocycles. The normalized spacial score (nSPS) is 19.1. The molecular formula is C7H8F2N2. The predicted octanol–water partition coefficient (Wildman–Crippen LogP) is 1.65. The summed E-state index contributed by atoms with van der Waals surface area (Å²) in [5.74, 6) is -3.09. The average Bonchev–Trinajstić information content (AvgIpc) is 1.85. The summed E-state index contributed by atoms with van der Waals surface area (Å²) in [6.07, 6.45) is 2.67. The molecule has 3 N–H and O–H groups in total. The van der Waals surface area contributed by atoms with Gasteiger partial charge in [-0.1, -0.05) is 0 Å². The van der Waals surface area contributed by atoms with Gasteiger partial charge in [0.25, 0.3) is 0 Å². The number of rotatable bonds is 1. The summed E-state index contributed by atoms with van der Waals surface area (Å²) in [4.78, 5) is 0. The Morgan fingerprint density at radius 3 is 2.18 bits per heavy atom. The lowest BCUT2D eigenvalue weighted by molar-refractivity contribution is 0.482. The third kappa shape index (κ3) is 1.45. The van der Waals surface area contributed by atoms with Crippen LogP contribution in [0.25, 0.3) is 0 Å². The average molecular weight is 158 g/mol. The van der Waals surface area contributed by atoms with Crippen LogP contribution in [0.5, 0.6) is 0 Å². The van der Waals surface area contributed by atoms with Gasteiger partial charge in [-0.2, -0.15) is 0 Å². The van der Waals surface area contributed by atoms with E-state index in [1.54, 1.807) is 0 Å². The van der Waals surface area contributed by atoms with Crippen LogP contribution in [0.3, 0.4) is 0 Å². The van der Waals surface area contributed by atoms with Crippen LogP contribution in [0.4, 0.5) is 8.78 Å². The molecule has 0 saturated heterocycles. The Balaban J connectivity index is 2.89. The van der Waals surface area contributed by atoms with Gasteiger partial charge in [0.05, 0.1) is 0 Å². The van der Waals surface area contributed by atoms with Crippen LogP contribution in [0.2, 0.25) is 0 Å². The van der Waals surface area contributed by atoms with Crippen molar-refractivity contribution in [3.8, 4) is 0 Å².